The van der Waals surface area contributed by atoms with Gasteiger partial charge in [-0.2, -0.15) is 0 Å². The SMILES string of the molecule is c1ccc2cc([C@@H]3CCC[C@@H]4CCCN43)ccc2c1. The van der Waals surface area contributed by atoms with Gasteiger partial charge >= 0.3 is 0 Å². The van der Waals surface area contributed by atoms with Crippen LogP contribution in [0, 0.1) is 0 Å². The minimum Gasteiger partial charge on any atom is -0.293 e. The van der Waals surface area contributed by atoms with E-state index in [0.29, 0.717) is 6.04 Å². The molecule has 4 rings (SSSR count). The van der Waals surface area contributed by atoms with Crippen LogP contribution >= 0.6 is 0 Å². The monoisotopic (exact) mass is 251 g/mol. The van der Waals surface area contributed by atoms with E-state index < -0.39 is 0 Å². The second-order valence-electron chi connectivity index (χ2n) is 6.09. The molecule has 0 amide bonds. The van der Waals surface area contributed by atoms with Gasteiger partial charge < -0.3 is 0 Å². The summed E-state index contributed by atoms with van der Waals surface area (Å²) in [6.45, 7) is 1.31. The van der Waals surface area contributed by atoms with Crippen LogP contribution in [0.2, 0.25) is 0 Å². The molecule has 0 aromatic heterocycles. The Labute approximate surface area is 115 Å². The molecule has 0 aliphatic carbocycles. The van der Waals surface area contributed by atoms with Crippen molar-refractivity contribution in [2.45, 2.75) is 44.2 Å². The van der Waals surface area contributed by atoms with Crippen molar-refractivity contribution in [3.05, 3.63) is 48.0 Å². The molecule has 2 atom stereocenters. The summed E-state index contributed by atoms with van der Waals surface area (Å²) in [6.07, 6.45) is 6.98. The summed E-state index contributed by atoms with van der Waals surface area (Å²) in [5, 5.41) is 2.75. The van der Waals surface area contributed by atoms with Gasteiger partial charge in [0.1, 0.15) is 0 Å². The standard InChI is InChI=1S/C18H21N/c1-2-6-15-13-16(11-10-14(15)5-1)18-9-3-7-17-8-4-12-19(17)18/h1-2,5-6,10-11,13,17-18H,3-4,7-9,12H2/t17-,18+/m1/s1. The largest absolute Gasteiger partial charge is 0.293 e. The zero-order chi connectivity index (χ0) is 12.7. The molecule has 1 heteroatoms. The normalized spacial score (nSPS) is 27.6. The molecule has 0 N–H and O–H groups in total. The molecule has 2 fully saturated rings. The van der Waals surface area contributed by atoms with Crippen LogP contribution in [-0.4, -0.2) is 17.5 Å². The van der Waals surface area contributed by atoms with E-state index >= 15 is 0 Å². The minimum atomic E-state index is 0.672. The molecule has 2 saturated heterocycles. The van der Waals surface area contributed by atoms with E-state index in [4.69, 9.17) is 0 Å². The third-order valence-corrected chi connectivity index (χ3v) is 5.00. The zero-order valence-electron chi connectivity index (χ0n) is 11.4. The lowest BCUT2D eigenvalue weighted by Gasteiger charge is -2.38. The Morgan fingerprint density at radius 3 is 2.63 bits per heavy atom. The summed E-state index contributed by atoms with van der Waals surface area (Å²) in [5.41, 5.74) is 1.53. The topological polar surface area (TPSA) is 3.24 Å². The van der Waals surface area contributed by atoms with Gasteiger partial charge in [0, 0.05) is 12.1 Å². The van der Waals surface area contributed by atoms with Crippen molar-refractivity contribution in [3.63, 3.8) is 0 Å². The number of benzene rings is 2. The number of hydrogen-bond acceptors (Lipinski definition) is 1. The highest BCUT2D eigenvalue weighted by Gasteiger charge is 2.34. The molecule has 2 aliphatic rings. The van der Waals surface area contributed by atoms with Crippen LogP contribution in [0.5, 0.6) is 0 Å². The quantitative estimate of drug-likeness (QED) is 0.719. The summed E-state index contributed by atoms with van der Waals surface area (Å²) in [6, 6.07) is 17.3. The summed E-state index contributed by atoms with van der Waals surface area (Å²) in [5.74, 6) is 0. The van der Waals surface area contributed by atoms with Crippen LogP contribution in [0.15, 0.2) is 42.5 Å². The summed E-state index contributed by atoms with van der Waals surface area (Å²) in [4.78, 5) is 2.77. The van der Waals surface area contributed by atoms with E-state index in [1.807, 2.05) is 0 Å². The average Bonchev–Trinajstić information content (AvgIpc) is 2.95. The van der Waals surface area contributed by atoms with E-state index in [1.165, 1.54) is 55.0 Å². The number of nitrogens with zero attached hydrogens (tertiary/aromatic N) is 1. The molecule has 0 bridgehead atoms. The van der Waals surface area contributed by atoms with E-state index in [1.54, 1.807) is 0 Å². The first-order valence-corrected chi connectivity index (χ1v) is 7.66. The zero-order valence-corrected chi connectivity index (χ0v) is 11.4. The third-order valence-electron chi connectivity index (χ3n) is 5.00. The summed E-state index contributed by atoms with van der Waals surface area (Å²) >= 11 is 0. The van der Waals surface area contributed by atoms with Gasteiger partial charge in [-0.25, -0.2) is 0 Å². The van der Waals surface area contributed by atoms with Crippen LogP contribution in [0.4, 0.5) is 0 Å². The van der Waals surface area contributed by atoms with Gasteiger partial charge in [0.2, 0.25) is 0 Å². The Hall–Kier alpha value is -1.34. The smallest absolute Gasteiger partial charge is 0.0351 e. The Bertz CT molecular complexity index is 589. The van der Waals surface area contributed by atoms with Crippen molar-refractivity contribution in [3.8, 4) is 0 Å². The van der Waals surface area contributed by atoms with Gasteiger partial charge in [0.15, 0.2) is 0 Å². The summed E-state index contributed by atoms with van der Waals surface area (Å²) in [7, 11) is 0. The molecule has 2 aromatic carbocycles. The molecule has 98 valence electrons. The highest BCUT2D eigenvalue weighted by Crippen LogP contribution is 2.39. The van der Waals surface area contributed by atoms with Crippen molar-refractivity contribution in [1.29, 1.82) is 0 Å². The second kappa shape index (κ2) is 4.64. The van der Waals surface area contributed by atoms with Crippen molar-refractivity contribution in [1.82, 2.24) is 4.90 Å². The highest BCUT2D eigenvalue weighted by atomic mass is 15.2. The first kappa shape index (κ1) is 11.5. The molecule has 19 heavy (non-hydrogen) atoms. The Morgan fingerprint density at radius 2 is 1.68 bits per heavy atom. The molecule has 1 nitrogen and oxygen atoms in total. The number of rotatable bonds is 1. The Balaban J connectivity index is 1.72. The first-order chi connectivity index (χ1) is 9.42. The lowest BCUT2D eigenvalue weighted by molar-refractivity contribution is 0.123. The first-order valence-electron chi connectivity index (χ1n) is 7.66. The van der Waals surface area contributed by atoms with Crippen molar-refractivity contribution >= 4 is 10.8 Å². The van der Waals surface area contributed by atoms with Crippen LogP contribution in [-0.2, 0) is 0 Å². The molecule has 0 spiro atoms. The van der Waals surface area contributed by atoms with E-state index in [-0.39, 0.29) is 0 Å². The summed E-state index contributed by atoms with van der Waals surface area (Å²) < 4.78 is 0. The van der Waals surface area contributed by atoms with Crippen LogP contribution in [0.3, 0.4) is 0 Å². The van der Waals surface area contributed by atoms with Gasteiger partial charge in [0.05, 0.1) is 0 Å². The lowest BCUT2D eigenvalue weighted by Crippen LogP contribution is -2.37. The van der Waals surface area contributed by atoms with Gasteiger partial charge in [-0.15, -0.1) is 0 Å². The lowest BCUT2D eigenvalue weighted by atomic mass is 9.91. The fraction of sp³-hybridized carbons (Fsp3) is 0.444. The number of hydrogen-bond donors (Lipinski definition) is 0. The maximum atomic E-state index is 2.77. The number of fused-ring (bicyclic) bond motifs is 2. The second-order valence-corrected chi connectivity index (χ2v) is 6.09. The van der Waals surface area contributed by atoms with Crippen molar-refractivity contribution < 1.29 is 0 Å². The van der Waals surface area contributed by atoms with Crippen molar-refractivity contribution in [2.75, 3.05) is 6.54 Å². The molecule has 2 aliphatic heterocycles. The fourth-order valence-electron chi connectivity index (χ4n) is 4.06. The molecule has 0 saturated carbocycles. The molecular weight excluding hydrogens is 230 g/mol. The molecule has 2 heterocycles. The fourth-order valence-corrected chi connectivity index (χ4v) is 4.06. The Kier molecular flexibility index (Phi) is 2.81. The Morgan fingerprint density at radius 1 is 0.842 bits per heavy atom. The van der Waals surface area contributed by atoms with Crippen LogP contribution in [0.1, 0.15) is 43.7 Å². The van der Waals surface area contributed by atoms with Gasteiger partial charge in [-0.3, -0.25) is 4.90 Å². The van der Waals surface area contributed by atoms with Gasteiger partial charge in [-0.1, -0.05) is 36.4 Å². The predicted octanol–water partition coefficient (Wildman–Crippen LogP) is 4.53. The third kappa shape index (κ3) is 1.97. The molecular formula is C18H21N. The molecule has 2 aromatic rings. The minimum absolute atomic E-state index is 0.672. The maximum Gasteiger partial charge on any atom is 0.0351 e. The molecule has 0 unspecified atom stereocenters. The van der Waals surface area contributed by atoms with E-state index in [0.717, 1.165) is 6.04 Å². The van der Waals surface area contributed by atoms with E-state index in [9.17, 15) is 0 Å². The predicted molar refractivity (Wildman–Crippen MR) is 80.3 cm³/mol. The van der Waals surface area contributed by atoms with Crippen molar-refractivity contribution in [2.24, 2.45) is 0 Å². The molecule has 0 radical (unpaired) electrons. The highest BCUT2D eigenvalue weighted by molar-refractivity contribution is 5.83. The maximum absolute atomic E-state index is 2.77. The average molecular weight is 251 g/mol. The van der Waals surface area contributed by atoms with E-state index in [2.05, 4.69) is 47.4 Å². The van der Waals surface area contributed by atoms with Crippen LogP contribution < -0.4 is 0 Å². The van der Waals surface area contributed by atoms with Gasteiger partial charge in [0.25, 0.3) is 0 Å². The number of piperidine rings is 1. The van der Waals surface area contributed by atoms with Gasteiger partial charge in [-0.05, 0) is 61.1 Å². The van der Waals surface area contributed by atoms with Crippen LogP contribution in [0.25, 0.3) is 10.8 Å².